The van der Waals surface area contributed by atoms with Crippen LogP contribution in [-0.4, -0.2) is 120 Å². The van der Waals surface area contributed by atoms with Crippen LogP contribution in [0.4, 0.5) is 0 Å². The summed E-state index contributed by atoms with van der Waals surface area (Å²) in [5.41, 5.74) is 23.4. The number of benzene rings is 1. The zero-order chi connectivity index (χ0) is 44.7. The molecule has 0 aromatic heterocycles. The van der Waals surface area contributed by atoms with E-state index in [1.54, 1.807) is 30.3 Å². The van der Waals surface area contributed by atoms with Crippen molar-refractivity contribution in [3.8, 4) is 0 Å². The fraction of sp³-hybridized carbons (Fsp3) is 0.641. The number of nitrogens with two attached hydrogens (primary N) is 4. The Morgan fingerprint density at radius 1 is 0.661 bits per heavy atom. The predicted octanol–water partition coefficient (Wildman–Crippen LogP) is -2.16. The smallest absolute Gasteiger partial charge is 0.322 e. The highest BCUT2D eigenvalue weighted by Crippen LogP contribution is 2.11. The molecular formula is C39H67N11O9. The summed E-state index contributed by atoms with van der Waals surface area (Å²) in [5.74, 6) is -6.04. The van der Waals surface area contributed by atoms with E-state index in [-0.39, 0.29) is 56.4 Å². The van der Waals surface area contributed by atoms with Crippen LogP contribution in [-0.2, 0) is 40.0 Å². The topological polar surface area (TPSA) is 349 Å². The van der Waals surface area contributed by atoms with Crippen LogP contribution in [0.2, 0.25) is 0 Å². The number of carboxylic acids is 1. The van der Waals surface area contributed by atoms with Gasteiger partial charge in [0.05, 0.1) is 12.1 Å². The number of hydrogen-bond donors (Lipinski definition) is 12. The number of carboxylic acid groups (broad SMARTS) is 1. The highest BCUT2D eigenvalue weighted by atomic mass is 16.4. The first-order valence-corrected chi connectivity index (χ1v) is 20.0. The standard InChI is InChI=1S/C39H67N11O9/c1-22(2)18-26(41)33(54)48-30(20-25-12-7-6-8-13-25)37(58)50-32(24(5)51)38(59)47-28(15-11-17-44-39(42)43)35(56)46-27(14-9-10-16-40)36(57)49-29(19-23(3)4)34(55)45-21-31(52)53/h6-8,12-13,22-24,26-30,32,51H,9-11,14-21,40-41H2,1-5H3,(H,45,55)(H,46,56)(H,47,59)(H,48,54)(H,49,57)(H,50,58)(H,52,53)(H4,42,43,44)/t24-,26+,27+,28+,29+,30+,32+/m1/s1. The van der Waals surface area contributed by atoms with Crippen molar-refractivity contribution in [3.05, 3.63) is 35.9 Å². The van der Waals surface area contributed by atoms with E-state index in [9.17, 15) is 38.7 Å². The SMILES string of the molecule is CC(C)C[C@H](NC(=O)[C@H](CCCCN)NC(=O)[C@H](CCCN=C(N)N)NC(=O)[C@@H](NC(=O)[C@H](Cc1ccccc1)NC(=O)[C@@H](N)CC(C)C)[C@@H](C)O)C(=O)NCC(=O)O. The summed E-state index contributed by atoms with van der Waals surface area (Å²) in [4.78, 5) is 96.1. The number of rotatable bonds is 28. The van der Waals surface area contributed by atoms with Gasteiger partial charge in [0.1, 0.15) is 36.8 Å². The maximum absolute atomic E-state index is 13.9. The molecule has 59 heavy (non-hydrogen) atoms. The summed E-state index contributed by atoms with van der Waals surface area (Å²) in [6.45, 7) is 8.39. The maximum Gasteiger partial charge on any atom is 0.322 e. The molecule has 332 valence electrons. The lowest BCUT2D eigenvalue weighted by Gasteiger charge is -2.28. The summed E-state index contributed by atoms with van der Waals surface area (Å²) < 4.78 is 0. The molecule has 0 radical (unpaired) electrons. The zero-order valence-corrected chi connectivity index (χ0v) is 34.9. The highest BCUT2D eigenvalue weighted by Gasteiger charge is 2.34. The molecule has 6 amide bonds. The third kappa shape index (κ3) is 21.3. The van der Waals surface area contributed by atoms with Gasteiger partial charge in [0, 0.05) is 13.0 Å². The molecule has 0 fully saturated rings. The van der Waals surface area contributed by atoms with Crippen LogP contribution in [0.15, 0.2) is 35.3 Å². The molecule has 0 heterocycles. The zero-order valence-electron chi connectivity index (χ0n) is 34.9. The number of amides is 6. The molecule has 0 unspecified atom stereocenters. The van der Waals surface area contributed by atoms with Crippen molar-refractivity contribution in [2.75, 3.05) is 19.6 Å². The second-order valence-electron chi connectivity index (χ2n) is 15.4. The van der Waals surface area contributed by atoms with E-state index in [1.807, 2.05) is 27.7 Å². The fourth-order valence-corrected chi connectivity index (χ4v) is 5.94. The van der Waals surface area contributed by atoms with Crippen molar-refractivity contribution < 1.29 is 43.8 Å². The van der Waals surface area contributed by atoms with Crippen molar-refractivity contribution >= 4 is 47.4 Å². The molecule has 0 spiro atoms. The van der Waals surface area contributed by atoms with Gasteiger partial charge in [-0.3, -0.25) is 38.6 Å². The van der Waals surface area contributed by atoms with Crippen molar-refractivity contribution in [3.63, 3.8) is 0 Å². The largest absolute Gasteiger partial charge is 0.480 e. The minimum absolute atomic E-state index is 0.0314. The molecule has 1 rings (SSSR count). The molecule has 1 aromatic rings. The number of carbonyl (C=O) groups is 7. The Morgan fingerprint density at radius 2 is 1.19 bits per heavy atom. The minimum Gasteiger partial charge on any atom is -0.480 e. The number of nitrogens with zero attached hydrogens (tertiary/aromatic N) is 1. The Morgan fingerprint density at radius 3 is 1.71 bits per heavy atom. The molecule has 0 bridgehead atoms. The third-order valence-corrected chi connectivity index (χ3v) is 8.95. The molecule has 0 aliphatic heterocycles. The van der Waals surface area contributed by atoms with Crippen molar-refractivity contribution in [2.45, 2.75) is 128 Å². The van der Waals surface area contributed by atoms with Crippen LogP contribution in [0.3, 0.4) is 0 Å². The first kappa shape index (κ1) is 51.7. The Kier molecular flexibility index (Phi) is 24.0. The number of aliphatic carboxylic acids is 1. The van der Waals surface area contributed by atoms with E-state index in [1.165, 1.54) is 6.92 Å². The average molecular weight is 834 g/mol. The summed E-state index contributed by atoms with van der Waals surface area (Å²) in [7, 11) is 0. The van der Waals surface area contributed by atoms with E-state index in [0.717, 1.165) is 0 Å². The maximum atomic E-state index is 13.9. The Hall–Kier alpha value is -5.34. The van der Waals surface area contributed by atoms with Gasteiger partial charge in [-0.25, -0.2) is 0 Å². The average Bonchev–Trinajstić information content (AvgIpc) is 3.15. The third-order valence-electron chi connectivity index (χ3n) is 8.95. The van der Waals surface area contributed by atoms with Gasteiger partial charge in [0.15, 0.2) is 5.96 Å². The predicted molar refractivity (Wildman–Crippen MR) is 222 cm³/mol. The van der Waals surface area contributed by atoms with Crippen LogP contribution < -0.4 is 54.8 Å². The molecular weight excluding hydrogens is 766 g/mol. The monoisotopic (exact) mass is 834 g/mol. The van der Waals surface area contributed by atoms with Gasteiger partial charge in [-0.2, -0.15) is 0 Å². The first-order chi connectivity index (χ1) is 27.7. The second kappa shape index (κ2) is 27.4. The molecule has 16 N–H and O–H groups in total. The number of aliphatic hydroxyl groups excluding tert-OH is 1. The molecule has 20 heteroatoms. The quantitative estimate of drug-likeness (QED) is 0.0243. The Labute approximate surface area is 346 Å². The molecule has 0 aliphatic carbocycles. The molecule has 0 aliphatic rings. The van der Waals surface area contributed by atoms with E-state index in [4.69, 9.17) is 28.0 Å². The minimum atomic E-state index is -1.61. The van der Waals surface area contributed by atoms with Gasteiger partial charge in [-0.15, -0.1) is 0 Å². The lowest BCUT2D eigenvalue weighted by Crippen LogP contribution is -2.61. The molecule has 0 saturated carbocycles. The molecule has 1 aromatic carbocycles. The number of unbranched alkanes of at least 4 members (excludes halogenated alkanes) is 1. The van der Waals surface area contributed by atoms with E-state index >= 15 is 0 Å². The fourth-order valence-electron chi connectivity index (χ4n) is 5.94. The Bertz CT molecular complexity index is 1540. The number of aliphatic hydroxyl groups is 1. The lowest BCUT2D eigenvalue weighted by atomic mass is 10.0. The highest BCUT2D eigenvalue weighted by molar-refractivity contribution is 5.97. The van der Waals surface area contributed by atoms with Gasteiger partial charge in [-0.1, -0.05) is 58.0 Å². The summed E-state index contributed by atoms with van der Waals surface area (Å²) in [6.07, 6.45) is 0.173. The van der Waals surface area contributed by atoms with Crippen molar-refractivity contribution in [1.29, 1.82) is 0 Å². The van der Waals surface area contributed by atoms with Gasteiger partial charge in [-0.05, 0) is 75.8 Å². The normalized spacial score (nSPS) is 14.7. The van der Waals surface area contributed by atoms with Crippen LogP contribution >= 0.6 is 0 Å². The summed E-state index contributed by atoms with van der Waals surface area (Å²) >= 11 is 0. The molecule has 0 saturated heterocycles. The van der Waals surface area contributed by atoms with E-state index in [2.05, 4.69) is 36.9 Å². The van der Waals surface area contributed by atoms with Crippen LogP contribution in [0.1, 0.15) is 85.1 Å². The number of guanidine groups is 1. The number of aliphatic imine (C=N–C) groups is 1. The van der Waals surface area contributed by atoms with Gasteiger partial charge >= 0.3 is 5.97 Å². The van der Waals surface area contributed by atoms with Crippen molar-refractivity contribution in [2.24, 2.45) is 39.8 Å². The van der Waals surface area contributed by atoms with E-state index in [0.29, 0.717) is 31.4 Å². The second-order valence-corrected chi connectivity index (χ2v) is 15.4. The van der Waals surface area contributed by atoms with Crippen LogP contribution in [0.5, 0.6) is 0 Å². The van der Waals surface area contributed by atoms with Crippen molar-refractivity contribution in [1.82, 2.24) is 31.9 Å². The summed E-state index contributed by atoms with van der Waals surface area (Å²) in [6, 6.07) is 1.41. The number of carbonyl (C=O) groups excluding carboxylic acids is 6. The van der Waals surface area contributed by atoms with Gasteiger partial charge in [0.25, 0.3) is 0 Å². The summed E-state index contributed by atoms with van der Waals surface area (Å²) in [5, 5.41) is 35.1. The lowest BCUT2D eigenvalue weighted by molar-refractivity contribution is -0.138. The molecule has 7 atom stereocenters. The van der Waals surface area contributed by atoms with Gasteiger partial charge < -0.3 is 65.0 Å². The number of nitrogens with one attached hydrogen (secondary N) is 6. The first-order valence-electron chi connectivity index (χ1n) is 20.0. The molecule has 20 nitrogen and oxygen atoms in total. The van der Waals surface area contributed by atoms with Gasteiger partial charge in [0.2, 0.25) is 35.4 Å². The Balaban J connectivity index is 3.41. The van der Waals surface area contributed by atoms with Crippen LogP contribution in [0, 0.1) is 11.8 Å². The number of hydrogen-bond acceptors (Lipinski definition) is 11. The van der Waals surface area contributed by atoms with Crippen LogP contribution in [0.25, 0.3) is 0 Å². The van der Waals surface area contributed by atoms with E-state index < -0.39 is 90.3 Å².